The summed E-state index contributed by atoms with van der Waals surface area (Å²) in [5.41, 5.74) is 3.52. The quantitative estimate of drug-likeness (QED) is 0.808. The van der Waals surface area contributed by atoms with Gasteiger partial charge in [0.1, 0.15) is 5.75 Å². The molecule has 0 radical (unpaired) electrons. The third-order valence-electron chi connectivity index (χ3n) is 6.47. The van der Waals surface area contributed by atoms with Crippen molar-refractivity contribution in [3.8, 4) is 5.75 Å². The molecule has 1 heterocycles. The van der Waals surface area contributed by atoms with Crippen LogP contribution in [-0.4, -0.2) is 36.0 Å². The summed E-state index contributed by atoms with van der Waals surface area (Å²) in [7, 11) is 3.46. The average molecular weight is 398 g/mol. The van der Waals surface area contributed by atoms with E-state index in [1.807, 2.05) is 24.4 Å². The number of methoxy groups -OCH3 is 2. The van der Waals surface area contributed by atoms with Crippen LogP contribution in [0.1, 0.15) is 61.4 Å². The Morgan fingerprint density at radius 2 is 1.97 bits per heavy atom. The maximum atomic E-state index is 12.9. The van der Waals surface area contributed by atoms with Gasteiger partial charge in [0.2, 0.25) is 5.91 Å². The number of nitrogens with one attached hydrogen (secondary N) is 1. The molecular formula is C23H31N3O3. The van der Waals surface area contributed by atoms with Gasteiger partial charge in [-0.05, 0) is 51.0 Å². The van der Waals surface area contributed by atoms with Gasteiger partial charge < -0.3 is 14.8 Å². The normalized spacial score (nSPS) is 24.0. The SMILES string of the molecule is COc1ccccc1Cn1ncc2c1CCC[C@H]2NC(=O)C1CCC(OC)CC1. The Labute approximate surface area is 172 Å². The van der Waals surface area contributed by atoms with E-state index in [4.69, 9.17) is 9.47 Å². The Morgan fingerprint density at radius 3 is 2.72 bits per heavy atom. The number of hydrogen-bond acceptors (Lipinski definition) is 4. The molecule has 0 bridgehead atoms. The average Bonchev–Trinajstić information content (AvgIpc) is 3.18. The molecule has 1 fully saturated rings. The first kappa shape index (κ1) is 20.0. The zero-order valence-electron chi connectivity index (χ0n) is 17.4. The van der Waals surface area contributed by atoms with Crippen LogP contribution in [-0.2, 0) is 22.5 Å². The molecule has 1 N–H and O–H groups in total. The Balaban J connectivity index is 1.45. The van der Waals surface area contributed by atoms with Crippen LogP contribution in [0, 0.1) is 5.92 Å². The molecule has 1 amide bonds. The number of rotatable bonds is 6. The van der Waals surface area contributed by atoms with E-state index in [1.54, 1.807) is 14.2 Å². The molecule has 0 aliphatic heterocycles. The molecule has 1 aromatic heterocycles. The van der Waals surface area contributed by atoms with Gasteiger partial charge in [-0.15, -0.1) is 0 Å². The maximum Gasteiger partial charge on any atom is 0.223 e. The summed E-state index contributed by atoms with van der Waals surface area (Å²) in [6.07, 6.45) is 9.07. The minimum atomic E-state index is 0.0674. The number of benzene rings is 1. The van der Waals surface area contributed by atoms with Gasteiger partial charge >= 0.3 is 0 Å². The second-order valence-electron chi connectivity index (χ2n) is 8.18. The van der Waals surface area contributed by atoms with E-state index in [0.29, 0.717) is 12.6 Å². The number of ether oxygens (including phenoxy) is 2. The molecule has 4 rings (SSSR count). The topological polar surface area (TPSA) is 65.4 Å². The zero-order valence-corrected chi connectivity index (χ0v) is 17.4. The summed E-state index contributed by atoms with van der Waals surface area (Å²) in [6, 6.07) is 8.12. The number of para-hydroxylation sites is 1. The van der Waals surface area contributed by atoms with E-state index in [-0.39, 0.29) is 17.9 Å². The smallest absolute Gasteiger partial charge is 0.223 e. The number of carbonyl (C=O) groups is 1. The fourth-order valence-corrected chi connectivity index (χ4v) is 4.75. The highest BCUT2D eigenvalue weighted by atomic mass is 16.5. The summed E-state index contributed by atoms with van der Waals surface area (Å²) in [5, 5.41) is 7.97. The van der Waals surface area contributed by atoms with E-state index in [0.717, 1.165) is 56.3 Å². The van der Waals surface area contributed by atoms with Crippen molar-refractivity contribution in [3.05, 3.63) is 47.3 Å². The first-order valence-corrected chi connectivity index (χ1v) is 10.7. The second kappa shape index (κ2) is 8.99. The highest BCUT2D eigenvalue weighted by molar-refractivity contribution is 5.79. The van der Waals surface area contributed by atoms with Crippen LogP contribution in [0.4, 0.5) is 0 Å². The second-order valence-corrected chi connectivity index (χ2v) is 8.18. The summed E-state index contributed by atoms with van der Waals surface area (Å²) < 4.78 is 13.0. The van der Waals surface area contributed by atoms with E-state index < -0.39 is 0 Å². The number of amides is 1. The van der Waals surface area contributed by atoms with E-state index in [2.05, 4.69) is 21.2 Å². The molecule has 0 spiro atoms. The van der Waals surface area contributed by atoms with Gasteiger partial charge in [0.15, 0.2) is 0 Å². The highest BCUT2D eigenvalue weighted by Crippen LogP contribution is 2.32. The van der Waals surface area contributed by atoms with Crippen molar-refractivity contribution in [1.29, 1.82) is 0 Å². The first-order chi connectivity index (χ1) is 14.2. The van der Waals surface area contributed by atoms with Crippen LogP contribution in [0.25, 0.3) is 0 Å². The van der Waals surface area contributed by atoms with Crippen molar-refractivity contribution in [3.63, 3.8) is 0 Å². The van der Waals surface area contributed by atoms with Crippen molar-refractivity contribution >= 4 is 5.91 Å². The third kappa shape index (κ3) is 4.32. The van der Waals surface area contributed by atoms with Gasteiger partial charge in [0, 0.05) is 29.8 Å². The lowest BCUT2D eigenvalue weighted by Gasteiger charge is -2.30. The number of nitrogens with zero attached hydrogens (tertiary/aromatic N) is 2. The Bertz CT molecular complexity index is 840. The lowest BCUT2D eigenvalue weighted by Crippen LogP contribution is -2.37. The Morgan fingerprint density at radius 1 is 1.17 bits per heavy atom. The number of carbonyl (C=O) groups excluding carboxylic acids is 1. The predicted molar refractivity (Wildman–Crippen MR) is 111 cm³/mol. The van der Waals surface area contributed by atoms with E-state index in [9.17, 15) is 4.79 Å². The largest absolute Gasteiger partial charge is 0.496 e. The molecule has 1 atom stereocenters. The van der Waals surface area contributed by atoms with Crippen LogP contribution in [0.3, 0.4) is 0 Å². The van der Waals surface area contributed by atoms with Crippen molar-refractivity contribution in [1.82, 2.24) is 15.1 Å². The van der Waals surface area contributed by atoms with Crippen molar-refractivity contribution < 1.29 is 14.3 Å². The van der Waals surface area contributed by atoms with Gasteiger partial charge in [-0.1, -0.05) is 18.2 Å². The Kier molecular flexibility index (Phi) is 6.19. The highest BCUT2D eigenvalue weighted by Gasteiger charge is 2.30. The van der Waals surface area contributed by atoms with Gasteiger partial charge in [0.05, 0.1) is 32.0 Å². The summed E-state index contributed by atoms with van der Waals surface area (Å²) in [6.45, 7) is 0.682. The van der Waals surface area contributed by atoms with Gasteiger partial charge in [-0.3, -0.25) is 9.48 Å². The van der Waals surface area contributed by atoms with Crippen LogP contribution in [0.2, 0.25) is 0 Å². The maximum absolute atomic E-state index is 12.9. The fraction of sp³-hybridized carbons (Fsp3) is 0.565. The molecule has 1 aromatic carbocycles. The predicted octanol–water partition coefficient (Wildman–Crippen LogP) is 3.64. The van der Waals surface area contributed by atoms with Gasteiger partial charge in [-0.2, -0.15) is 5.10 Å². The number of aromatic nitrogens is 2. The number of fused-ring (bicyclic) bond motifs is 1. The molecule has 156 valence electrons. The molecule has 0 saturated heterocycles. The van der Waals surface area contributed by atoms with Crippen LogP contribution in [0.5, 0.6) is 5.75 Å². The zero-order chi connectivity index (χ0) is 20.2. The van der Waals surface area contributed by atoms with Gasteiger partial charge in [-0.25, -0.2) is 0 Å². The van der Waals surface area contributed by atoms with E-state index in [1.165, 1.54) is 11.3 Å². The molecule has 2 aromatic rings. The molecule has 6 nitrogen and oxygen atoms in total. The molecule has 1 saturated carbocycles. The molecule has 2 aliphatic carbocycles. The van der Waals surface area contributed by atoms with Gasteiger partial charge in [0.25, 0.3) is 0 Å². The minimum Gasteiger partial charge on any atom is -0.496 e. The van der Waals surface area contributed by atoms with Crippen LogP contribution >= 0.6 is 0 Å². The summed E-state index contributed by atoms with van der Waals surface area (Å²) in [5.74, 6) is 1.18. The summed E-state index contributed by atoms with van der Waals surface area (Å²) in [4.78, 5) is 12.9. The summed E-state index contributed by atoms with van der Waals surface area (Å²) >= 11 is 0. The van der Waals surface area contributed by atoms with Crippen LogP contribution < -0.4 is 10.1 Å². The first-order valence-electron chi connectivity index (χ1n) is 10.7. The minimum absolute atomic E-state index is 0.0674. The molecule has 6 heteroatoms. The van der Waals surface area contributed by atoms with Crippen molar-refractivity contribution in [2.45, 2.75) is 63.6 Å². The molecule has 29 heavy (non-hydrogen) atoms. The molecule has 2 aliphatic rings. The van der Waals surface area contributed by atoms with E-state index >= 15 is 0 Å². The fourth-order valence-electron chi connectivity index (χ4n) is 4.75. The number of hydrogen-bond donors (Lipinski definition) is 1. The molecule has 0 unspecified atom stereocenters. The van der Waals surface area contributed by atoms with Crippen molar-refractivity contribution in [2.75, 3.05) is 14.2 Å². The molecular weight excluding hydrogens is 366 g/mol. The van der Waals surface area contributed by atoms with Crippen molar-refractivity contribution in [2.24, 2.45) is 5.92 Å². The third-order valence-corrected chi connectivity index (χ3v) is 6.47. The lowest BCUT2D eigenvalue weighted by atomic mass is 9.86. The van der Waals surface area contributed by atoms with Crippen LogP contribution in [0.15, 0.2) is 30.5 Å². The standard InChI is InChI=1S/C23H31N3O3/c1-28-18-12-10-16(11-13-18)23(27)25-20-7-5-8-21-19(20)14-24-26(21)15-17-6-3-4-9-22(17)29-2/h3-4,6,9,14,16,18,20H,5,7-8,10-13,15H2,1-2H3,(H,25,27)/t16?,18?,20-/m1/s1. The monoisotopic (exact) mass is 397 g/mol. The lowest BCUT2D eigenvalue weighted by molar-refractivity contribution is -0.127. The Hall–Kier alpha value is -2.34.